The third kappa shape index (κ3) is 5.05. The van der Waals surface area contributed by atoms with Gasteiger partial charge in [-0.05, 0) is 37.0 Å². The van der Waals surface area contributed by atoms with Crippen molar-refractivity contribution in [3.05, 3.63) is 64.9 Å². The van der Waals surface area contributed by atoms with Crippen LogP contribution in [0.25, 0.3) is 0 Å². The number of likely N-dealkylation sites (tertiary alicyclic amines) is 1. The number of carbonyl (C=O) groups excluding carboxylic acids is 4. The van der Waals surface area contributed by atoms with Gasteiger partial charge in [0.05, 0.1) is 16.8 Å². The maximum Gasteiger partial charge on any atom is 0.416 e. The molecule has 4 rings (SSSR count). The van der Waals surface area contributed by atoms with Gasteiger partial charge in [-0.15, -0.1) is 0 Å². The van der Waals surface area contributed by atoms with Crippen LogP contribution in [0, 0.1) is 16.9 Å². The lowest BCUT2D eigenvalue weighted by Gasteiger charge is -2.43. The third-order valence-electron chi connectivity index (χ3n) is 7.31. The fourth-order valence-electron chi connectivity index (χ4n) is 5.08. The van der Waals surface area contributed by atoms with E-state index in [2.05, 4.69) is 5.32 Å². The van der Waals surface area contributed by atoms with Crippen LogP contribution in [0.15, 0.2) is 42.7 Å². The number of hydrogen-bond acceptors (Lipinski definition) is 5. The Morgan fingerprint density at radius 1 is 1.07 bits per heavy atom. The van der Waals surface area contributed by atoms with Crippen LogP contribution in [0.1, 0.15) is 42.6 Å². The summed E-state index contributed by atoms with van der Waals surface area (Å²) in [5, 5.41) is 13.9. The molecule has 0 saturated carbocycles. The Morgan fingerprint density at radius 2 is 1.68 bits per heavy atom. The molecular weight excluding hydrogens is 538 g/mol. The van der Waals surface area contributed by atoms with Gasteiger partial charge in [0.15, 0.2) is 12.4 Å². The van der Waals surface area contributed by atoms with Crippen molar-refractivity contribution in [2.24, 2.45) is 5.92 Å². The standard InChI is InChI=1S/C26H27F4N5O5/c1-15(2)20(31-21(36)18-14-16(26(28,29)30)4-5-19(18)27)22(37)33-12-8-25(9-13-33)23(38)32(3)24(39)35(25)17-6-10-34(40)11-7-17/h4-7,10-11,14-15,20H,8-9,12-13H2,1-3H3,(H,31,36)/t20-/m1/s1. The molecule has 1 N–H and O–H groups in total. The van der Waals surface area contributed by atoms with Crippen molar-refractivity contribution in [3.63, 3.8) is 0 Å². The number of nitrogens with zero attached hydrogens (tertiary/aromatic N) is 4. The van der Waals surface area contributed by atoms with Gasteiger partial charge in [-0.2, -0.15) is 17.9 Å². The first-order valence-corrected chi connectivity index (χ1v) is 12.4. The first kappa shape index (κ1) is 28.8. The molecule has 2 aromatic rings. The van der Waals surface area contributed by atoms with Crippen molar-refractivity contribution >= 4 is 29.4 Å². The predicted molar refractivity (Wildman–Crippen MR) is 132 cm³/mol. The van der Waals surface area contributed by atoms with Crippen molar-refractivity contribution in [2.45, 2.75) is 44.4 Å². The average Bonchev–Trinajstić information content (AvgIpc) is 3.07. The molecule has 214 valence electrons. The molecule has 1 spiro atoms. The Labute approximate surface area is 226 Å². The van der Waals surface area contributed by atoms with E-state index in [-0.39, 0.29) is 25.9 Å². The minimum Gasteiger partial charge on any atom is -0.619 e. The van der Waals surface area contributed by atoms with E-state index in [1.54, 1.807) is 13.8 Å². The number of urea groups is 1. The molecular formula is C26H27F4N5O5. The lowest BCUT2D eigenvalue weighted by molar-refractivity contribution is -0.605. The fourth-order valence-corrected chi connectivity index (χ4v) is 5.08. The number of nitrogens with one attached hydrogen (secondary N) is 1. The number of amides is 5. The van der Waals surface area contributed by atoms with Crippen LogP contribution in [-0.4, -0.2) is 65.3 Å². The van der Waals surface area contributed by atoms with Crippen LogP contribution < -0.4 is 14.9 Å². The summed E-state index contributed by atoms with van der Waals surface area (Å²) in [6, 6.07) is 2.50. The summed E-state index contributed by atoms with van der Waals surface area (Å²) in [4.78, 5) is 56.1. The van der Waals surface area contributed by atoms with E-state index in [0.29, 0.717) is 28.6 Å². The highest BCUT2D eigenvalue weighted by atomic mass is 19.4. The Hall–Kier alpha value is -4.23. The second-order valence-corrected chi connectivity index (χ2v) is 10.1. The van der Waals surface area contributed by atoms with Crippen LogP contribution in [-0.2, 0) is 15.8 Å². The molecule has 14 heteroatoms. The molecule has 1 aromatic carbocycles. The number of hydrogen-bond donors (Lipinski definition) is 1. The number of carbonyl (C=O) groups is 4. The smallest absolute Gasteiger partial charge is 0.416 e. The Bertz CT molecular complexity index is 1340. The summed E-state index contributed by atoms with van der Waals surface area (Å²) >= 11 is 0. The van der Waals surface area contributed by atoms with Crippen LogP contribution in [0.5, 0.6) is 0 Å². The summed E-state index contributed by atoms with van der Waals surface area (Å²) in [6.45, 7) is 3.27. The van der Waals surface area contributed by atoms with Gasteiger partial charge in [0.1, 0.15) is 17.4 Å². The summed E-state index contributed by atoms with van der Waals surface area (Å²) in [5.41, 5.74) is -3.01. The van der Waals surface area contributed by atoms with E-state index in [1.807, 2.05) is 0 Å². The normalized spacial score (nSPS) is 18.1. The number of rotatable bonds is 5. The van der Waals surface area contributed by atoms with Crippen molar-refractivity contribution in [2.75, 3.05) is 25.0 Å². The summed E-state index contributed by atoms with van der Waals surface area (Å²) in [5.74, 6) is -3.88. The van der Waals surface area contributed by atoms with E-state index in [0.717, 1.165) is 4.90 Å². The molecule has 3 heterocycles. The number of piperidine rings is 1. The van der Waals surface area contributed by atoms with Crippen molar-refractivity contribution in [3.8, 4) is 0 Å². The molecule has 0 bridgehead atoms. The quantitative estimate of drug-likeness (QED) is 0.259. The molecule has 40 heavy (non-hydrogen) atoms. The van der Waals surface area contributed by atoms with Crippen molar-refractivity contribution < 1.29 is 41.5 Å². The molecule has 2 aliphatic heterocycles. The van der Waals surface area contributed by atoms with E-state index in [4.69, 9.17) is 0 Å². The van der Waals surface area contributed by atoms with Gasteiger partial charge >= 0.3 is 12.2 Å². The number of aromatic nitrogens is 1. The summed E-state index contributed by atoms with van der Waals surface area (Å²) in [6.07, 6.45) is -2.29. The third-order valence-corrected chi connectivity index (χ3v) is 7.31. The first-order valence-electron chi connectivity index (χ1n) is 12.4. The van der Waals surface area contributed by atoms with Crippen LogP contribution >= 0.6 is 0 Å². The van der Waals surface area contributed by atoms with Gasteiger partial charge < -0.3 is 15.4 Å². The van der Waals surface area contributed by atoms with Crippen LogP contribution in [0.3, 0.4) is 0 Å². The van der Waals surface area contributed by atoms with Crippen molar-refractivity contribution in [1.82, 2.24) is 15.1 Å². The lowest BCUT2D eigenvalue weighted by atomic mass is 9.85. The largest absolute Gasteiger partial charge is 0.619 e. The molecule has 0 unspecified atom stereocenters. The monoisotopic (exact) mass is 565 g/mol. The average molecular weight is 566 g/mol. The highest BCUT2D eigenvalue weighted by Gasteiger charge is 2.58. The molecule has 10 nitrogen and oxygen atoms in total. The van der Waals surface area contributed by atoms with Gasteiger partial charge in [-0.25, -0.2) is 9.18 Å². The zero-order valence-electron chi connectivity index (χ0n) is 21.9. The number of halogens is 4. The number of likely N-dealkylation sites (N-methyl/N-ethyl adjacent to an activating group) is 1. The van der Waals surface area contributed by atoms with E-state index < -0.39 is 64.4 Å². The number of alkyl halides is 3. The van der Waals surface area contributed by atoms with Gasteiger partial charge in [0.2, 0.25) is 5.91 Å². The minimum absolute atomic E-state index is 0.0214. The second kappa shape index (κ2) is 10.4. The van der Waals surface area contributed by atoms with E-state index in [1.165, 1.54) is 41.4 Å². The molecule has 1 atom stereocenters. The lowest BCUT2D eigenvalue weighted by Crippen LogP contribution is -2.60. The SMILES string of the molecule is CC(C)[C@@H](NC(=O)c1cc(C(F)(F)F)ccc1F)C(=O)N1CCC2(CC1)C(=O)N(C)C(=O)N2c1cc[n+]([O-])cc1. The Kier molecular flexibility index (Phi) is 7.47. The highest BCUT2D eigenvalue weighted by molar-refractivity contribution is 6.16. The highest BCUT2D eigenvalue weighted by Crippen LogP contribution is 2.40. The maximum atomic E-state index is 14.3. The fraction of sp³-hybridized carbons (Fsp3) is 0.423. The van der Waals surface area contributed by atoms with Gasteiger partial charge in [0.25, 0.3) is 11.8 Å². The maximum absolute atomic E-state index is 14.3. The zero-order valence-corrected chi connectivity index (χ0v) is 21.9. The van der Waals surface area contributed by atoms with Gasteiger partial charge in [-0.3, -0.25) is 24.2 Å². The second-order valence-electron chi connectivity index (χ2n) is 10.1. The molecule has 2 saturated heterocycles. The summed E-state index contributed by atoms with van der Waals surface area (Å²) < 4.78 is 54.1. The predicted octanol–water partition coefficient (Wildman–Crippen LogP) is 2.69. The molecule has 2 aliphatic rings. The van der Waals surface area contributed by atoms with Gasteiger partial charge in [0, 0.05) is 32.3 Å². The zero-order chi connectivity index (χ0) is 29.6. The topological polar surface area (TPSA) is 117 Å². The number of imide groups is 1. The number of benzene rings is 1. The Morgan fingerprint density at radius 3 is 2.23 bits per heavy atom. The molecule has 1 aromatic heterocycles. The Balaban J connectivity index is 1.53. The van der Waals surface area contributed by atoms with E-state index >= 15 is 0 Å². The van der Waals surface area contributed by atoms with Gasteiger partial charge in [-0.1, -0.05) is 13.8 Å². The first-order chi connectivity index (χ1) is 18.7. The molecule has 0 aliphatic carbocycles. The van der Waals surface area contributed by atoms with E-state index in [9.17, 15) is 41.9 Å². The van der Waals surface area contributed by atoms with Crippen molar-refractivity contribution in [1.29, 1.82) is 0 Å². The molecule has 5 amide bonds. The summed E-state index contributed by atoms with van der Waals surface area (Å²) in [7, 11) is 1.35. The molecule has 2 fully saturated rings. The number of pyridine rings is 1. The molecule has 0 radical (unpaired) electrons. The van der Waals surface area contributed by atoms with Crippen LogP contribution in [0.4, 0.5) is 28.0 Å². The minimum atomic E-state index is -4.80. The van der Waals surface area contributed by atoms with Crippen LogP contribution in [0.2, 0.25) is 0 Å². The number of anilines is 1.